The van der Waals surface area contributed by atoms with Crippen LogP contribution in [0.1, 0.15) is 5.56 Å². The average molecular weight is 270 g/mol. The van der Waals surface area contributed by atoms with Gasteiger partial charge in [-0.15, -0.1) is 0 Å². The van der Waals surface area contributed by atoms with Gasteiger partial charge in [0.25, 0.3) is 0 Å². The first-order valence-corrected chi connectivity index (χ1v) is 7.92. The molecule has 0 saturated heterocycles. The monoisotopic (exact) mass is 270 g/mol. The molecule has 1 aromatic carbocycles. The molecule has 0 atom stereocenters. The maximum atomic E-state index is 11.8. The van der Waals surface area contributed by atoms with Gasteiger partial charge in [-0.2, -0.15) is 17.0 Å². The molecule has 0 aliphatic rings. The van der Waals surface area contributed by atoms with Crippen molar-refractivity contribution >= 4 is 21.8 Å². The van der Waals surface area contributed by atoms with Crippen molar-refractivity contribution in [2.24, 2.45) is 0 Å². The lowest BCUT2D eigenvalue weighted by Crippen LogP contribution is -2.25. The quantitative estimate of drug-likeness (QED) is 0.793. The molecule has 17 heavy (non-hydrogen) atoms. The van der Waals surface area contributed by atoms with Crippen molar-refractivity contribution in [1.82, 2.24) is 4.72 Å². The summed E-state index contributed by atoms with van der Waals surface area (Å²) in [7, 11) is -3.41. The minimum Gasteiger partial charge on any atom is -0.210 e. The lowest BCUT2D eigenvalue weighted by Gasteiger charge is -2.06. The van der Waals surface area contributed by atoms with Gasteiger partial charge in [-0.05, 0) is 24.0 Å². The molecule has 1 N–H and O–H groups in total. The van der Waals surface area contributed by atoms with Gasteiger partial charge in [0, 0.05) is 12.3 Å². The zero-order valence-electron chi connectivity index (χ0n) is 9.51. The van der Waals surface area contributed by atoms with Crippen molar-refractivity contribution in [2.75, 3.05) is 18.6 Å². The summed E-state index contributed by atoms with van der Waals surface area (Å²) in [5.41, 5.74) is 0.815. The van der Waals surface area contributed by atoms with Crippen LogP contribution in [0.5, 0.6) is 0 Å². The van der Waals surface area contributed by atoms with E-state index in [0.29, 0.717) is 13.0 Å². The van der Waals surface area contributed by atoms with Crippen LogP contribution in [-0.4, -0.2) is 27.0 Å². The predicted molar refractivity (Wildman–Crippen MR) is 69.3 cm³/mol. The molecule has 0 bridgehead atoms. The summed E-state index contributed by atoms with van der Waals surface area (Å²) < 4.78 is 26.1. The number of rotatable bonds is 6. The van der Waals surface area contributed by atoms with Crippen molar-refractivity contribution in [3.8, 4) is 6.07 Å². The summed E-state index contributed by atoms with van der Waals surface area (Å²) >= 11 is 1.58. The van der Waals surface area contributed by atoms with Gasteiger partial charge < -0.3 is 0 Å². The Morgan fingerprint density at radius 1 is 1.35 bits per heavy atom. The number of hydrogen-bond acceptors (Lipinski definition) is 4. The van der Waals surface area contributed by atoms with Crippen LogP contribution < -0.4 is 4.72 Å². The highest BCUT2D eigenvalue weighted by Crippen LogP contribution is 2.10. The molecule has 0 aliphatic heterocycles. The third-order valence-corrected chi connectivity index (χ3v) is 4.20. The van der Waals surface area contributed by atoms with Crippen molar-refractivity contribution in [3.05, 3.63) is 29.8 Å². The second kappa shape index (κ2) is 6.64. The largest absolute Gasteiger partial charge is 0.240 e. The van der Waals surface area contributed by atoms with E-state index in [1.54, 1.807) is 23.9 Å². The molecule has 0 unspecified atom stereocenters. The Morgan fingerprint density at radius 3 is 2.53 bits per heavy atom. The summed E-state index contributed by atoms with van der Waals surface area (Å²) in [5, 5.41) is 8.51. The Balaban J connectivity index is 2.75. The van der Waals surface area contributed by atoms with Gasteiger partial charge in [0.15, 0.2) is 0 Å². The van der Waals surface area contributed by atoms with Gasteiger partial charge >= 0.3 is 0 Å². The number of nitrogens with zero attached hydrogens (tertiary/aromatic N) is 1. The third-order valence-electron chi connectivity index (χ3n) is 2.12. The molecule has 92 valence electrons. The van der Waals surface area contributed by atoms with Gasteiger partial charge in [-0.3, -0.25) is 0 Å². The number of benzene rings is 1. The molecule has 1 aromatic rings. The maximum Gasteiger partial charge on any atom is 0.240 e. The van der Waals surface area contributed by atoms with E-state index in [4.69, 9.17) is 5.26 Å². The molecule has 6 heteroatoms. The Kier molecular flexibility index (Phi) is 5.48. The second-order valence-electron chi connectivity index (χ2n) is 3.37. The zero-order chi connectivity index (χ0) is 12.7. The summed E-state index contributed by atoms with van der Waals surface area (Å²) in [5.74, 6) is 0.742. The van der Waals surface area contributed by atoms with E-state index in [2.05, 4.69) is 4.72 Å². The average Bonchev–Trinajstić information content (AvgIpc) is 2.30. The molecule has 0 aliphatic carbocycles. The number of nitriles is 1. The van der Waals surface area contributed by atoms with Crippen LogP contribution >= 0.6 is 11.8 Å². The smallest absolute Gasteiger partial charge is 0.210 e. The third kappa shape index (κ3) is 4.38. The van der Waals surface area contributed by atoms with Crippen LogP contribution in [0, 0.1) is 11.3 Å². The van der Waals surface area contributed by atoms with E-state index in [-0.39, 0.29) is 4.90 Å². The molecule has 0 amide bonds. The number of nitrogens with one attached hydrogen (secondary N) is 1. The molecule has 0 spiro atoms. The molecular formula is C11H14N2O2S2. The molecule has 0 heterocycles. The first-order chi connectivity index (χ1) is 8.10. The van der Waals surface area contributed by atoms with Crippen LogP contribution in [0.2, 0.25) is 0 Å². The molecular weight excluding hydrogens is 256 g/mol. The Labute approximate surface area is 106 Å². The fourth-order valence-electron chi connectivity index (χ4n) is 1.24. The van der Waals surface area contributed by atoms with Crippen molar-refractivity contribution in [1.29, 1.82) is 5.26 Å². The molecule has 0 aromatic heterocycles. The topological polar surface area (TPSA) is 70.0 Å². The van der Waals surface area contributed by atoms with Crippen molar-refractivity contribution < 1.29 is 8.42 Å². The minimum absolute atomic E-state index is 0.236. The fourth-order valence-corrected chi connectivity index (χ4v) is 2.71. The van der Waals surface area contributed by atoms with E-state index in [9.17, 15) is 8.42 Å². The summed E-state index contributed by atoms with van der Waals surface area (Å²) in [6.45, 7) is 0.420. The minimum atomic E-state index is -3.41. The molecule has 0 saturated carbocycles. The van der Waals surface area contributed by atoms with Gasteiger partial charge in [0.1, 0.15) is 0 Å². The zero-order valence-corrected chi connectivity index (χ0v) is 11.1. The van der Waals surface area contributed by atoms with Crippen molar-refractivity contribution in [2.45, 2.75) is 11.3 Å². The highest BCUT2D eigenvalue weighted by Gasteiger charge is 2.12. The van der Waals surface area contributed by atoms with E-state index >= 15 is 0 Å². The lowest BCUT2D eigenvalue weighted by molar-refractivity contribution is 0.584. The van der Waals surface area contributed by atoms with Crippen LogP contribution in [0.3, 0.4) is 0 Å². The molecule has 0 radical (unpaired) electrons. The van der Waals surface area contributed by atoms with Crippen LogP contribution in [0.15, 0.2) is 29.2 Å². The summed E-state index contributed by atoms with van der Waals surface area (Å²) in [4.78, 5) is 0.236. The summed E-state index contributed by atoms with van der Waals surface area (Å²) in [6.07, 6.45) is 2.21. The number of hydrogen-bond donors (Lipinski definition) is 1. The highest BCUT2D eigenvalue weighted by atomic mass is 32.2. The molecule has 1 rings (SSSR count). The first-order valence-electron chi connectivity index (χ1n) is 5.04. The number of sulfonamides is 1. The number of thioether (sulfide) groups is 1. The van der Waals surface area contributed by atoms with Crippen LogP contribution in [-0.2, 0) is 16.4 Å². The standard InChI is InChI=1S/C11H14N2O2S2/c1-16-9-8-13-17(14,15)11-4-2-10(3-5-11)6-7-12/h2-5,13H,6,8-9H2,1H3. The van der Waals surface area contributed by atoms with Crippen LogP contribution in [0.4, 0.5) is 0 Å². The van der Waals surface area contributed by atoms with E-state index in [0.717, 1.165) is 11.3 Å². The Bertz CT molecular complexity index is 489. The van der Waals surface area contributed by atoms with E-state index in [1.165, 1.54) is 12.1 Å². The van der Waals surface area contributed by atoms with Gasteiger partial charge in [0.2, 0.25) is 10.0 Å². The predicted octanol–water partition coefficient (Wildman–Crippen LogP) is 1.39. The van der Waals surface area contributed by atoms with Gasteiger partial charge in [-0.1, -0.05) is 12.1 Å². The first kappa shape index (κ1) is 14.0. The van der Waals surface area contributed by atoms with E-state index < -0.39 is 10.0 Å². The van der Waals surface area contributed by atoms with Gasteiger partial charge in [0.05, 0.1) is 17.4 Å². The summed E-state index contributed by atoms with van der Waals surface area (Å²) in [6, 6.07) is 8.38. The SMILES string of the molecule is CSCCNS(=O)(=O)c1ccc(CC#N)cc1. The van der Waals surface area contributed by atoms with Gasteiger partial charge in [-0.25, -0.2) is 13.1 Å². The second-order valence-corrected chi connectivity index (χ2v) is 6.12. The maximum absolute atomic E-state index is 11.8. The van der Waals surface area contributed by atoms with Crippen LogP contribution in [0.25, 0.3) is 0 Å². The normalized spacial score (nSPS) is 11.1. The Morgan fingerprint density at radius 2 is 2.00 bits per heavy atom. The molecule has 0 fully saturated rings. The highest BCUT2D eigenvalue weighted by molar-refractivity contribution is 7.98. The van der Waals surface area contributed by atoms with E-state index in [1.807, 2.05) is 12.3 Å². The lowest BCUT2D eigenvalue weighted by atomic mass is 10.2. The van der Waals surface area contributed by atoms with Crippen molar-refractivity contribution in [3.63, 3.8) is 0 Å². The molecule has 4 nitrogen and oxygen atoms in total. The Hall–Kier alpha value is -1.03. The fraction of sp³-hybridized carbons (Fsp3) is 0.364.